The van der Waals surface area contributed by atoms with Crippen molar-refractivity contribution < 1.29 is 37.3 Å². The van der Waals surface area contributed by atoms with E-state index in [0.29, 0.717) is 18.6 Å². The molecule has 1 heterocycles. The van der Waals surface area contributed by atoms with E-state index in [4.69, 9.17) is 14.2 Å². The van der Waals surface area contributed by atoms with Crippen LogP contribution in [0.25, 0.3) is 0 Å². The molecule has 1 aliphatic carbocycles. The summed E-state index contributed by atoms with van der Waals surface area (Å²) < 4.78 is 45.7. The Bertz CT molecular complexity index is 1540. The smallest absolute Gasteiger partial charge is 0.410 e. The molecule has 2 aliphatic rings. The summed E-state index contributed by atoms with van der Waals surface area (Å²) in [5, 5.41) is 15.0. The molecule has 2 aromatic carbocycles. The number of methoxy groups -OCH3 is 1. The minimum absolute atomic E-state index is 0.0662. The van der Waals surface area contributed by atoms with E-state index in [1.165, 1.54) is 11.9 Å². The quantitative estimate of drug-likeness (QED) is 0.282. The maximum atomic E-state index is 14.1. The Morgan fingerprint density at radius 1 is 1.12 bits per heavy atom. The van der Waals surface area contributed by atoms with Crippen molar-refractivity contribution in [2.45, 2.75) is 102 Å². The fourth-order valence-corrected chi connectivity index (χ4v) is 7.78. The summed E-state index contributed by atoms with van der Waals surface area (Å²) in [5.74, 6) is 0.0164. The number of nitrogens with zero attached hydrogens (tertiary/aromatic N) is 2. The molecule has 2 amide bonds. The van der Waals surface area contributed by atoms with E-state index >= 15 is 0 Å². The number of hydrogen-bond acceptors (Lipinski definition) is 8. The zero-order chi connectivity index (χ0) is 35.8. The Kier molecular flexibility index (Phi) is 13.3. The van der Waals surface area contributed by atoms with Crippen molar-refractivity contribution in [1.29, 1.82) is 0 Å². The van der Waals surface area contributed by atoms with Gasteiger partial charge in [0.05, 0.1) is 50.3 Å². The van der Waals surface area contributed by atoms with E-state index in [9.17, 15) is 23.1 Å². The second-order valence-corrected chi connectivity index (χ2v) is 16.0. The lowest BCUT2D eigenvalue weighted by atomic mass is 9.98. The van der Waals surface area contributed by atoms with Crippen molar-refractivity contribution >= 4 is 22.0 Å². The molecule has 2 N–H and O–H groups in total. The first-order valence-electron chi connectivity index (χ1n) is 17.1. The highest BCUT2D eigenvalue weighted by Gasteiger charge is 2.43. The number of amides is 2. The van der Waals surface area contributed by atoms with Crippen LogP contribution >= 0.6 is 0 Å². The molecular weight excluding hydrogens is 646 g/mol. The normalized spacial score (nSPS) is 24.4. The summed E-state index contributed by atoms with van der Waals surface area (Å²) >= 11 is 0. The number of unbranched alkanes of at least 4 members (excludes halogenated alkanes) is 2. The Balaban J connectivity index is 1.77. The minimum Gasteiger partial charge on any atom is -0.497 e. The van der Waals surface area contributed by atoms with Crippen molar-refractivity contribution in [3.8, 4) is 5.75 Å². The van der Waals surface area contributed by atoms with Crippen molar-refractivity contribution in [3.05, 3.63) is 77.4 Å². The number of fused-ring (bicyclic) bond motifs is 3. The zero-order valence-corrected chi connectivity index (χ0v) is 30.4. The van der Waals surface area contributed by atoms with Crippen LogP contribution in [-0.4, -0.2) is 97.7 Å². The Labute approximate surface area is 291 Å². The van der Waals surface area contributed by atoms with E-state index in [0.717, 1.165) is 33.8 Å². The first kappa shape index (κ1) is 38.4. The van der Waals surface area contributed by atoms with E-state index in [-0.39, 0.29) is 31.7 Å². The first-order valence-corrected chi connectivity index (χ1v) is 18.8. The van der Waals surface area contributed by atoms with Gasteiger partial charge in [0.1, 0.15) is 17.4 Å². The number of hydrogen-bond donors (Lipinski definition) is 2. The molecule has 12 heteroatoms. The number of nitrogens with one attached hydrogen (secondary N) is 1. The molecule has 0 saturated heterocycles. The zero-order valence-electron chi connectivity index (χ0n) is 29.6. The molecule has 0 fully saturated rings. The van der Waals surface area contributed by atoms with Gasteiger partial charge in [-0.2, -0.15) is 4.31 Å². The third kappa shape index (κ3) is 10.3. The second-order valence-electron chi connectivity index (χ2n) is 13.9. The predicted molar refractivity (Wildman–Crippen MR) is 189 cm³/mol. The van der Waals surface area contributed by atoms with Crippen LogP contribution < -0.4 is 10.1 Å². The molecule has 11 nitrogen and oxygen atoms in total. The van der Waals surface area contributed by atoms with Gasteiger partial charge in [-0.25, -0.2) is 13.2 Å². The third-order valence-electron chi connectivity index (χ3n) is 9.00. The van der Waals surface area contributed by atoms with Crippen LogP contribution in [-0.2, 0) is 37.1 Å². The van der Waals surface area contributed by atoms with Gasteiger partial charge in [-0.05, 0) is 68.9 Å². The summed E-state index contributed by atoms with van der Waals surface area (Å²) in [4.78, 5) is 29.6. The van der Waals surface area contributed by atoms with Gasteiger partial charge in [-0.3, -0.25) is 9.69 Å². The maximum absolute atomic E-state index is 14.1. The molecule has 0 aromatic heterocycles. The number of carbonyl (C=O) groups excluding carboxylic acids is 2. The molecule has 2 aromatic rings. The topological polar surface area (TPSA) is 135 Å². The molecule has 0 saturated carbocycles. The molecule has 5 atom stereocenters. The summed E-state index contributed by atoms with van der Waals surface area (Å²) in [7, 11) is -0.743. The molecule has 4 rings (SSSR count). The van der Waals surface area contributed by atoms with E-state index < -0.39 is 58.0 Å². The molecule has 0 bridgehead atoms. The number of benzene rings is 2. The van der Waals surface area contributed by atoms with Crippen molar-refractivity contribution in [3.63, 3.8) is 0 Å². The molecule has 1 aliphatic heterocycles. The average Bonchev–Trinajstić information content (AvgIpc) is 3.40. The number of carbonyl (C=O) groups is 2. The van der Waals surface area contributed by atoms with Crippen molar-refractivity contribution in [1.82, 2.24) is 14.5 Å². The summed E-state index contributed by atoms with van der Waals surface area (Å²) in [6, 6.07) is 12.6. The highest BCUT2D eigenvalue weighted by molar-refractivity contribution is 7.89. The van der Waals surface area contributed by atoms with E-state index in [1.54, 1.807) is 40.0 Å². The fourth-order valence-electron chi connectivity index (χ4n) is 6.35. The molecule has 0 radical (unpaired) electrons. The lowest BCUT2D eigenvalue weighted by molar-refractivity contribution is -0.126. The van der Waals surface area contributed by atoms with Crippen molar-refractivity contribution in [2.24, 2.45) is 0 Å². The van der Waals surface area contributed by atoms with Gasteiger partial charge < -0.3 is 24.6 Å². The van der Waals surface area contributed by atoms with E-state index in [2.05, 4.69) is 5.32 Å². The lowest BCUT2D eigenvalue weighted by Gasteiger charge is -2.38. The SMILES string of the molecule is CCCCCS(=O)(=O)N(C)[C@H]1C/C=C/CO[C@H]2Cc3ccc(OC)cc3[C@H]2N(C(=O)OC(C)(C)C)C[C@@H](O)[C@H](Cc2ccccc2)NC1=O. The third-order valence-corrected chi connectivity index (χ3v) is 10.9. The number of β-amino-alcohol motifs (C(OH)–C–C–N with tert-alkyl or cyclic N) is 1. The first-order chi connectivity index (χ1) is 23.2. The van der Waals surface area contributed by atoms with Crippen molar-refractivity contribution in [2.75, 3.05) is 33.1 Å². The number of rotatable bonds is 9. The van der Waals surface area contributed by atoms with Gasteiger partial charge in [-0.1, -0.05) is 68.3 Å². The lowest BCUT2D eigenvalue weighted by Crippen LogP contribution is -2.56. The van der Waals surface area contributed by atoms with Crippen LogP contribution in [0.15, 0.2) is 60.7 Å². The van der Waals surface area contributed by atoms with Crippen LogP contribution in [0.3, 0.4) is 0 Å². The summed E-state index contributed by atoms with van der Waals surface area (Å²) in [6.45, 7) is 7.30. The largest absolute Gasteiger partial charge is 0.497 e. The number of sulfonamides is 1. The standard InChI is InChI=1S/C37H53N3O8S/c1-7-8-14-21-49(44,45)39(5)31-17-12-13-20-47-33-23-27-18-19-28(46-6)24-29(27)34(33)40(36(43)48-37(2,3)4)25-32(41)30(38-35(31)42)22-26-15-10-9-11-16-26/h9-13,15-16,18-19,24,30-34,41H,7-8,14,17,20-23,25H2,1-6H3,(H,38,42)/b13-12+/t30-,31-,32+,33-,34+/m0/s1. The molecule has 0 spiro atoms. The van der Waals surface area contributed by atoms with Crippen LogP contribution in [0.4, 0.5) is 4.79 Å². The number of aliphatic hydroxyl groups is 1. The molecule has 0 unspecified atom stereocenters. The Morgan fingerprint density at radius 3 is 2.53 bits per heavy atom. The van der Waals surface area contributed by atoms with E-state index in [1.807, 2.05) is 55.5 Å². The van der Waals surface area contributed by atoms with Gasteiger partial charge >= 0.3 is 6.09 Å². The van der Waals surface area contributed by atoms with Gasteiger partial charge in [-0.15, -0.1) is 0 Å². The second kappa shape index (κ2) is 17.0. The van der Waals surface area contributed by atoms with Crippen LogP contribution in [0, 0.1) is 0 Å². The van der Waals surface area contributed by atoms with Crippen LogP contribution in [0.5, 0.6) is 5.75 Å². The number of aliphatic hydroxyl groups excluding tert-OH is 1. The average molecular weight is 700 g/mol. The van der Waals surface area contributed by atoms with Gasteiger partial charge in [0.15, 0.2) is 0 Å². The Morgan fingerprint density at radius 2 is 1.86 bits per heavy atom. The maximum Gasteiger partial charge on any atom is 0.410 e. The molecular formula is C37H53N3O8S. The summed E-state index contributed by atoms with van der Waals surface area (Å²) in [6.07, 6.45) is 4.14. The Hall–Kier alpha value is -3.45. The fraction of sp³-hybridized carbons (Fsp3) is 0.568. The monoisotopic (exact) mass is 699 g/mol. The molecule has 270 valence electrons. The van der Waals surface area contributed by atoms with Crippen LogP contribution in [0.2, 0.25) is 0 Å². The van der Waals surface area contributed by atoms with Gasteiger partial charge in [0.2, 0.25) is 15.9 Å². The highest BCUT2D eigenvalue weighted by Crippen LogP contribution is 2.41. The number of ether oxygens (including phenoxy) is 3. The van der Waals surface area contributed by atoms with Crippen LogP contribution in [0.1, 0.15) is 76.1 Å². The van der Waals surface area contributed by atoms with Gasteiger partial charge in [0.25, 0.3) is 0 Å². The molecule has 49 heavy (non-hydrogen) atoms. The summed E-state index contributed by atoms with van der Waals surface area (Å²) in [5.41, 5.74) is 1.84. The number of likely N-dealkylation sites (N-methyl/N-ethyl adjacent to an activating group) is 1. The predicted octanol–water partition coefficient (Wildman–Crippen LogP) is 4.78. The van der Waals surface area contributed by atoms with Gasteiger partial charge in [0, 0.05) is 13.5 Å². The minimum atomic E-state index is -3.75. The highest BCUT2D eigenvalue weighted by atomic mass is 32.2.